The van der Waals surface area contributed by atoms with E-state index in [1.165, 1.54) is 22.4 Å². The molecular formula is C16H22N2OS. The number of amidine groups is 1. The first-order valence-electron chi connectivity index (χ1n) is 7.23. The molecule has 2 heterocycles. The number of ether oxygens (including phenoxy) is 1. The summed E-state index contributed by atoms with van der Waals surface area (Å²) in [6.45, 7) is 8.15. The van der Waals surface area contributed by atoms with Gasteiger partial charge in [-0.3, -0.25) is 4.99 Å². The highest BCUT2D eigenvalue weighted by molar-refractivity contribution is 8.14. The molecule has 108 valence electrons. The van der Waals surface area contributed by atoms with Crippen molar-refractivity contribution >= 4 is 22.6 Å². The predicted octanol–water partition coefficient (Wildman–Crippen LogP) is 3.68. The molecule has 1 aromatic carbocycles. The second kappa shape index (κ2) is 5.41. The van der Waals surface area contributed by atoms with E-state index in [9.17, 15) is 0 Å². The normalized spacial score (nSPS) is 21.1. The van der Waals surface area contributed by atoms with E-state index in [2.05, 4.69) is 38.2 Å². The molecule has 0 atom stereocenters. The number of thioether (sulfide) groups is 1. The first kappa shape index (κ1) is 14.0. The van der Waals surface area contributed by atoms with Gasteiger partial charge in [-0.15, -0.1) is 0 Å². The molecule has 3 rings (SSSR count). The molecule has 0 aromatic heterocycles. The standard InChI is InChI=1S/C16H22N2OS/c1-11-8-12(2)14(13(3)9-11)17-15-18-16(10-20-15)4-6-19-7-5-16/h8-9H,4-7,10H2,1-3H3,(H,17,18). The van der Waals surface area contributed by atoms with Crippen molar-refractivity contribution in [3.63, 3.8) is 0 Å². The van der Waals surface area contributed by atoms with Crippen LogP contribution in [0.2, 0.25) is 0 Å². The zero-order valence-corrected chi connectivity index (χ0v) is 13.3. The average Bonchev–Trinajstić information content (AvgIpc) is 2.77. The van der Waals surface area contributed by atoms with E-state index in [0.29, 0.717) is 0 Å². The molecule has 1 fully saturated rings. The molecule has 1 aromatic rings. The number of anilines is 1. The fourth-order valence-electron chi connectivity index (χ4n) is 3.04. The highest BCUT2D eigenvalue weighted by atomic mass is 32.2. The van der Waals surface area contributed by atoms with Crippen LogP contribution in [0.5, 0.6) is 0 Å². The van der Waals surface area contributed by atoms with Crippen LogP contribution in [-0.2, 0) is 4.74 Å². The van der Waals surface area contributed by atoms with Crippen molar-refractivity contribution in [1.82, 2.24) is 0 Å². The number of rotatable bonds is 1. The summed E-state index contributed by atoms with van der Waals surface area (Å²) in [6.07, 6.45) is 2.11. The molecule has 3 nitrogen and oxygen atoms in total. The molecule has 0 bridgehead atoms. The zero-order chi connectivity index (χ0) is 14.2. The first-order chi connectivity index (χ1) is 9.58. The van der Waals surface area contributed by atoms with Crippen molar-refractivity contribution in [2.75, 3.05) is 24.3 Å². The van der Waals surface area contributed by atoms with Gasteiger partial charge < -0.3 is 10.1 Å². The van der Waals surface area contributed by atoms with Crippen LogP contribution < -0.4 is 5.32 Å². The van der Waals surface area contributed by atoms with Crippen molar-refractivity contribution in [3.8, 4) is 0 Å². The van der Waals surface area contributed by atoms with E-state index in [-0.39, 0.29) is 5.54 Å². The van der Waals surface area contributed by atoms with Crippen LogP contribution in [0.15, 0.2) is 17.1 Å². The summed E-state index contributed by atoms with van der Waals surface area (Å²) in [5.41, 5.74) is 5.23. The summed E-state index contributed by atoms with van der Waals surface area (Å²) in [5.74, 6) is 1.09. The maximum Gasteiger partial charge on any atom is 0.161 e. The van der Waals surface area contributed by atoms with Gasteiger partial charge in [-0.05, 0) is 44.7 Å². The fraction of sp³-hybridized carbons (Fsp3) is 0.562. The van der Waals surface area contributed by atoms with Crippen LogP contribution in [-0.4, -0.2) is 29.7 Å². The smallest absolute Gasteiger partial charge is 0.161 e. The lowest BCUT2D eigenvalue weighted by molar-refractivity contribution is 0.0624. The number of aliphatic imine (C=N–C) groups is 1. The van der Waals surface area contributed by atoms with E-state index >= 15 is 0 Å². The molecule has 0 unspecified atom stereocenters. The minimum absolute atomic E-state index is 0.123. The summed E-state index contributed by atoms with van der Waals surface area (Å²) < 4.78 is 5.46. The molecular weight excluding hydrogens is 268 g/mol. The Kier molecular flexibility index (Phi) is 3.78. The Morgan fingerprint density at radius 3 is 2.45 bits per heavy atom. The lowest BCUT2D eigenvalue weighted by Crippen LogP contribution is -2.34. The van der Waals surface area contributed by atoms with Gasteiger partial charge in [0.15, 0.2) is 5.17 Å². The molecule has 2 aliphatic rings. The van der Waals surface area contributed by atoms with E-state index in [1.54, 1.807) is 0 Å². The lowest BCUT2D eigenvalue weighted by Gasteiger charge is -2.29. The molecule has 0 aliphatic carbocycles. The van der Waals surface area contributed by atoms with Gasteiger partial charge in [-0.25, -0.2) is 0 Å². The number of benzene rings is 1. The Morgan fingerprint density at radius 2 is 1.80 bits per heavy atom. The highest BCUT2D eigenvalue weighted by Crippen LogP contribution is 2.36. The Bertz CT molecular complexity index is 524. The average molecular weight is 290 g/mol. The van der Waals surface area contributed by atoms with Crippen LogP contribution >= 0.6 is 11.8 Å². The summed E-state index contributed by atoms with van der Waals surface area (Å²) in [7, 11) is 0. The monoisotopic (exact) mass is 290 g/mol. The third kappa shape index (κ3) is 2.72. The minimum Gasteiger partial charge on any atom is -0.381 e. The van der Waals surface area contributed by atoms with Crippen molar-refractivity contribution in [2.24, 2.45) is 4.99 Å². The van der Waals surface area contributed by atoms with Crippen molar-refractivity contribution in [3.05, 3.63) is 28.8 Å². The van der Waals surface area contributed by atoms with Gasteiger partial charge in [0.25, 0.3) is 0 Å². The summed E-state index contributed by atoms with van der Waals surface area (Å²) in [5, 5.41) is 4.62. The fourth-order valence-corrected chi connectivity index (χ4v) is 4.23. The minimum atomic E-state index is 0.123. The van der Waals surface area contributed by atoms with E-state index in [4.69, 9.17) is 9.73 Å². The molecule has 0 saturated carbocycles. The Morgan fingerprint density at radius 1 is 1.15 bits per heavy atom. The predicted molar refractivity (Wildman–Crippen MR) is 87.0 cm³/mol. The maximum atomic E-state index is 5.46. The van der Waals surface area contributed by atoms with Gasteiger partial charge in [-0.1, -0.05) is 29.5 Å². The number of nitrogens with one attached hydrogen (secondary N) is 1. The summed E-state index contributed by atoms with van der Waals surface area (Å²) in [6, 6.07) is 4.44. The van der Waals surface area contributed by atoms with Crippen LogP contribution in [0.4, 0.5) is 5.69 Å². The van der Waals surface area contributed by atoms with Crippen molar-refractivity contribution in [2.45, 2.75) is 39.2 Å². The number of hydrogen-bond acceptors (Lipinski definition) is 4. The summed E-state index contributed by atoms with van der Waals surface area (Å²) >= 11 is 1.85. The van der Waals surface area contributed by atoms with Gasteiger partial charge in [0.1, 0.15) is 0 Å². The molecule has 1 spiro atoms. The van der Waals surface area contributed by atoms with Gasteiger partial charge >= 0.3 is 0 Å². The Hall–Kier alpha value is -1.00. The van der Waals surface area contributed by atoms with Gasteiger partial charge in [-0.2, -0.15) is 0 Å². The van der Waals surface area contributed by atoms with Gasteiger partial charge in [0.05, 0.1) is 5.54 Å². The SMILES string of the molecule is Cc1cc(C)c(NC2=NC3(CCOCC3)CS2)c(C)c1. The van der Waals surface area contributed by atoms with Crippen molar-refractivity contribution in [1.29, 1.82) is 0 Å². The van der Waals surface area contributed by atoms with E-state index in [0.717, 1.165) is 37.0 Å². The van der Waals surface area contributed by atoms with Crippen molar-refractivity contribution < 1.29 is 4.74 Å². The Balaban J connectivity index is 1.80. The molecule has 2 aliphatic heterocycles. The van der Waals surface area contributed by atoms with Crippen LogP contribution in [0.3, 0.4) is 0 Å². The lowest BCUT2D eigenvalue weighted by atomic mass is 9.93. The molecule has 20 heavy (non-hydrogen) atoms. The van der Waals surface area contributed by atoms with Crippen LogP contribution in [0.25, 0.3) is 0 Å². The van der Waals surface area contributed by atoms with E-state index in [1.807, 2.05) is 11.8 Å². The molecule has 1 saturated heterocycles. The quantitative estimate of drug-likeness (QED) is 0.856. The van der Waals surface area contributed by atoms with Gasteiger partial charge in [0, 0.05) is 24.7 Å². The Labute approximate surface area is 125 Å². The maximum absolute atomic E-state index is 5.46. The number of hydrogen-bond donors (Lipinski definition) is 1. The zero-order valence-electron chi connectivity index (χ0n) is 12.5. The van der Waals surface area contributed by atoms with Crippen LogP contribution in [0, 0.1) is 20.8 Å². The molecule has 1 N–H and O–H groups in total. The highest BCUT2D eigenvalue weighted by Gasteiger charge is 2.37. The molecule has 4 heteroatoms. The third-order valence-corrected chi connectivity index (χ3v) is 5.30. The molecule has 0 amide bonds. The topological polar surface area (TPSA) is 33.6 Å². The second-order valence-corrected chi connectivity index (χ2v) is 6.91. The second-order valence-electron chi connectivity index (χ2n) is 5.94. The van der Waals surface area contributed by atoms with Gasteiger partial charge in [0.2, 0.25) is 0 Å². The van der Waals surface area contributed by atoms with E-state index < -0.39 is 0 Å². The number of aryl methyl sites for hydroxylation is 3. The largest absolute Gasteiger partial charge is 0.381 e. The number of nitrogens with zero attached hydrogens (tertiary/aromatic N) is 1. The first-order valence-corrected chi connectivity index (χ1v) is 8.22. The third-order valence-electron chi connectivity index (χ3n) is 4.15. The molecule has 0 radical (unpaired) electrons. The van der Waals surface area contributed by atoms with Crippen LogP contribution in [0.1, 0.15) is 29.5 Å². The summed E-state index contributed by atoms with van der Waals surface area (Å²) in [4.78, 5) is 4.97.